The molecule has 0 spiro atoms. The fourth-order valence-electron chi connectivity index (χ4n) is 2.79. The number of nitrogens with one attached hydrogen (secondary N) is 1. The Hall–Kier alpha value is -3.08. The van der Waals surface area contributed by atoms with Gasteiger partial charge in [-0.05, 0) is 30.2 Å². The molecule has 5 nitrogen and oxygen atoms in total. The number of aliphatic carboxylic acids is 1. The average molecular weight is 322 g/mol. The maximum atomic E-state index is 11.1. The van der Waals surface area contributed by atoms with Gasteiger partial charge in [-0.25, -0.2) is 0 Å². The van der Waals surface area contributed by atoms with Crippen LogP contribution in [-0.2, 0) is 4.79 Å². The van der Waals surface area contributed by atoms with Crippen molar-refractivity contribution in [1.29, 1.82) is 5.41 Å². The predicted octanol–water partition coefficient (Wildman–Crippen LogP) is 3.64. The van der Waals surface area contributed by atoms with Crippen LogP contribution in [0.1, 0.15) is 24.0 Å². The fraction of sp³-hybridized carbons (Fsp3) is 0.158. The van der Waals surface area contributed by atoms with E-state index in [4.69, 9.17) is 10.5 Å². The zero-order chi connectivity index (χ0) is 17.3. The fourth-order valence-corrected chi connectivity index (χ4v) is 2.79. The molecule has 0 saturated heterocycles. The maximum Gasteiger partial charge on any atom is 0.310 e. The van der Waals surface area contributed by atoms with Crippen LogP contribution in [0.3, 0.4) is 0 Å². The van der Waals surface area contributed by atoms with Crippen molar-refractivity contribution in [3.8, 4) is 0 Å². The van der Waals surface area contributed by atoms with Crippen LogP contribution in [0.5, 0.6) is 0 Å². The first-order valence-corrected chi connectivity index (χ1v) is 7.66. The van der Waals surface area contributed by atoms with Crippen LogP contribution in [0, 0.1) is 5.41 Å². The van der Waals surface area contributed by atoms with E-state index in [0.29, 0.717) is 11.1 Å². The SMILES string of the molecule is CC(C(=O)O)c1ccc(N2CC(O)=C(c3ccccc3)C2=N)cc1. The molecule has 3 rings (SSSR count). The van der Waals surface area contributed by atoms with Crippen molar-refractivity contribution in [1.82, 2.24) is 0 Å². The van der Waals surface area contributed by atoms with Crippen molar-refractivity contribution in [3.05, 3.63) is 71.5 Å². The Bertz CT molecular complexity index is 810. The lowest BCUT2D eigenvalue weighted by atomic mass is 10.0. The molecule has 1 aliphatic heterocycles. The van der Waals surface area contributed by atoms with Crippen LogP contribution in [0.25, 0.3) is 5.57 Å². The Labute approximate surface area is 140 Å². The first kappa shape index (κ1) is 15.8. The number of carbonyl (C=O) groups is 1. The van der Waals surface area contributed by atoms with Gasteiger partial charge in [0.05, 0.1) is 18.0 Å². The molecule has 24 heavy (non-hydrogen) atoms. The minimum Gasteiger partial charge on any atom is -0.510 e. The minimum atomic E-state index is -0.873. The molecule has 1 heterocycles. The highest BCUT2D eigenvalue weighted by atomic mass is 16.4. The zero-order valence-corrected chi connectivity index (χ0v) is 13.2. The quantitative estimate of drug-likeness (QED) is 0.802. The number of anilines is 1. The Morgan fingerprint density at radius 3 is 2.33 bits per heavy atom. The summed E-state index contributed by atoms with van der Waals surface area (Å²) in [5, 5.41) is 27.7. The van der Waals surface area contributed by atoms with E-state index in [1.165, 1.54) is 0 Å². The van der Waals surface area contributed by atoms with Crippen LogP contribution >= 0.6 is 0 Å². The van der Waals surface area contributed by atoms with Gasteiger partial charge in [0.1, 0.15) is 11.6 Å². The van der Waals surface area contributed by atoms with Crippen molar-refractivity contribution in [2.75, 3.05) is 11.4 Å². The Kier molecular flexibility index (Phi) is 4.08. The van der Waals surface area contributed by atoms with Crippen LogP contribution in [0.4, 0.5) is 5.69 Å². The number of nitrogens with zero attached hydrogens (tertiary/aromatic N) is 1. The number of carboxylic acid groups (broad SMARTS) is 1. The number of benzene rings is 2. The van der Waals surface area contributed by atoms with Gasteiger partial charge in [-0.3, -0.25) is 10.2 Å². The second kappa shape index (κ2) is 6.20. The van der Waals surface area contributed by atoms with Gasteiger partial charge in [-0.15, -0.1) is 0 Å². The van der Waals surface area contributed by atoms with Gasteiger partial charge in [0.25, 0.3) is 0 Å². The molecular formula is C19H18N2O3. The predicted molar refractivity (Wildman–Crippen MR) is 93.6 cm³/mol. The molecule has 0 fully saturated rings. The average Bonchev–Trinajstić information content (AvgIpc) is 2.89. The zero-order valence-electron chi connectivity index (χ0n) is 13.2. The van der Waals surface area contributed by atoms with Gasteiger partial charge in [-0.2, -0.15) is 0 Å². The van der Waals surface area contributed by atoms with E-state index in [1.807, 2.05) is 30.3 Å². The Morgan fingerprint density at radius 2 is 1.75 bits per heavy atom. The normalized spacial score (nSPS) is 15.7. The van der Waals surface area contributed by atoms with Crippen molar-refractivity contribution in [2.24, 2.45) is 0 Å². The highest BCUT2D eigenvalue weighted by molar-refractivity contribution is 6.30. The molecule has 122 valence electrons. The number of aliphatic hydroxyl groups is 1. The van der Waals surface area contributed by atoms with Crippen LogP contribution in [-0.4, -0.2) is 28.6 Å². The molecule has 2 aromatic rings. The first-order valence-electron chi connectivity index (χ1n) is 7.66. The molecular weight excluding hydrogens is 304 g/mol. The summed E-state index contributed by atoms with van der Waals surface area (Å²) in [5.74, 6) is -1.06. The molecule has 0 aliphatic carbocycles. The molecule has 1 atom stereocenters. The molecule has 3 N–H and O–H groups in total. The van der Waals surface area contributed by atoms with Gasteiger partial charge < -0.3 is 15.1 Å². The highest BCUT2D eigenvalue weighted by Gasteiger charge is 2.29. The summed E-state index contributed by atoms with van der Waals surface area (Å²) in [6, 6.07) is 16.4. The second-order valence-electron chi connectivity index (χ2n) is 5.77. The molecule has 1 unspecified atom stereocenters. The summed E-state index contributed by atoms with van der Waals surface area (Å²) < 4.78 is 0. The number of aliphatic hydroxyl groups excluding tert-OH is 1. The summed E-state index contributed by atoms with van der Waals surface area (Å²) in [4.78, 5) is 12.8. The summed E-state index contributed by atoms with van der Waals surface area (Å²) in [7, 11) is 0. The van der Waals surface area contributed by atoms with Crippen LogP contribution < -0.4 is 4.90 Å². The lowest BCUT2D eigenvalue weighted by molar-refractivity contribution is -0.138. The topological polar surface area (TPSA) is 84.6 Å². The summed E-state index contributed by atoms with van der Waals surface area (Å²) in [5.41, 5.74) is 2.79. The van der Waals surface area contributed by atoms with E-state index >= 15 is 0 Å². The van der Waals surface area contributed by atoms with Gasteiger partial charge in [0.2, 0.25) is 0 Å². The summed E-state index contributed by atoms with van der Waals surface area (Å²) >= 11 is 0. The standard InChI is InChI=1S/C19H18N2O3/c1-12(19(23)24)13-7-9-15(10-8-13)21-11-16(22)17(18(21)20)14-5-3-2-4-6-14/h2-10,12,20,22H,11H2,1H3,(H,23,24). The second-order valence-corrected chi connectivity index (χ2v) is 5.77. The molecule has 0 aromatic heterocycles. The van der Waals surface area contributed by atoms with E-state index < -0.39 is 11.9 Å². The van der Waals surface area contributed by atoms with Crippen molar-refractivity contribution >= 4 is 23.1 Å². The van der Waals surface area contributed by atoms with Crippen molar-refractivity contribution in [3.63, 3.8) is 0 Å². The van der Waals surface area contributed by atoms with Gasteiger partial charge in [0, 0.05) is 5.69 Å². The van der Waals surface area contributed by atoms with Crippen molar-refractivity contribution in [2.45, 2.75) is 12.8 Å². The molecule has 0 saturated carbocycles. The number of amidine groups is 1. The van der Waals surface area contributed by atoms with E-state index in [9.17, 15) is 9.90 Å². The van der Waals surface area contributed by atoms with Gasteiger partial charge >= 0.3 is 5.97 Å². The van der Waals surface area contributed by atoms with E-state index in [2.05, 4.69) is 0 Å². The van der Waals surface area contributed by atoms with Gasteiger partial charge in [0.15, 0.2) is 0 Å². The third-order valence-electron chi connectivity index (χ3n) is 4.24. The van der Waals surface area contributed by atoms with Gasteiger partial charge in [-0.1, -0.05) is 42.5 Å². The van der Waals surface area contributed by atoms with Crippen molar-refractivity contribution < 1.29 is 15.0 Å². The Morgan fingerprint density at radius 1 is 1.12 bits per heavy atom. The number of hydrogen-bond donors (Lipinski definition) is 3. The summed E-state index contributed by atoms with van der Waals surface area (Å²) in [6.45, 7) is 1.87. The lowest BCUT2D eigenvalue weighted by Gasteiger charge is -2.19. The molecule has 1 aliphatic rings. The van der Waals surface area contributed by atoms with E-state index in [-0.39, 0.29) is 18.1 Å². The Balaban J connectivity index is 1.85. The molecule has 0 radical (unpaired) electrons. The maximum absolute atomic E-state index is 11.1. The number of rotatable bonds is 4. The monoisotopic (exact) mass is 322 g/mol. The first-order chi connectivity index (χ1) is 11.5. The lowest BCUT2D eigenvalue weighted by Crippen LogP contribution is -2.26. The smallest absolute Gasteiger partial charge is 0.310 e. The number of hydrogen-bond acceptors (Lipinski definition) is 3. The van der Waals surface area contributed by atoms with E-state index in [0.717, 1.165) is 11.3 Å². The van der Waals surface area contributed by atoms with Crippen LogP contribution in [0.2, 0.25) is 0 Å². The summed E-state index contributed by atoms with van der Waals surface area (Å²) in [6.07, 6.45) is 0. The molecule has 0 amide bonds. The molecule has 0 bridgehead atoms. The molecule has 2 aromatic carbocycles. The largest absolute Gasteiger partial charge is 0.510 e. The molecule has 5 heteroatoms. The number of carboxylic acids is 1. The third kappa shape index (κ3) is 2.76. The third-order valence-corrected chi connectivity index (χ3v) is 4.24. The highest BCUT2D eigenvalue weighted by Crippen LogP contribution is 2.31. The minimum absolute atomic E-state index is 0.161. The van der Waals surface area contributed by atoms with Crippen LogP contribution in [0.15, 0.2) is 60.4 Å². The van der Waals surface area contributed by atoms with E-state index in [1.54, 1.807) is 36.1 Å².